The maximum atomic E-state index is 11.5. The lowest BCUT2D eigenvalue weighted by molar-refractivity contribution is -0.137. The van der Waals surface area contributed by atoms with Gasteiger partial charge in [-0.15, -0.1) is 0 Å². The molecule has 0 amide bonds. The summed E-state index contributed by atoms with van der Waals surface area (Å²) in [5.74, 6) is -0.470. The Hall–Kier alpha value is -1.60. The number of phenolic OH excluding ortho intramolecular Hbond substituents is 2. The molecule has 0 aliphatic heterocycles. The number of nitrogens with one attached hydrogen (secondary N) is 1. The predicted octanol–water partition coefficient (Wildman–Crippen LogP) is 3.11. The number of aliphatic hydroxyl groups excluding tert-OH is 1. The molecule has 3 aliphatic rings. The molecule has 0 aromatic heterocycles. The second-order valence-electron chi connectivity index (χ2n) is 8.96. The standard InChI is InChI=1S/C21H29NO5S/c1-21-7-6-12-11(13(21)4-5-16(21)24)3-2-10-8-15(23)19(25)18(17(10)12)22-14(9-28)20(26)27/h8,11-14,16,22-25,28H,2-7,9H2,1H3,(H,26,27)/t11?,12?,13?,14-,16-,21-/m0/s1. The van der Waals surface area contributed by atoms with Crippen LogP contribution in [-0.2, 0) is 11.2 Å². The zero-order valence-electron chi connectivity index (χ0n) is 16.1. The highest BCUT2D eigenvalue weighted by Gasteiger charge is 2.55. The Balaban J connectivity index is 1.77. The van der Waals surface area contributed by atoms with Crippen molar-refractivity contribution in [2.45, 2.75) is 63.5 Å². The monoisotopic (exact) mass is 407 g/mol. The lowest BCUT2D eigenvalue weighted by atomic mass is 9.55. The van der Waals surface area contributed by atoms with Gasteiger partial charge in [0.05, 0.1) is 11.8 Å². The van der Waals surface area contributed by atoms with Gasteiger partial charge in [-0.25, -0.2) is 4.79 Å². The van der Waals surface area contributed by atoms with Crippen molar-refractivity contribution < 1.29 is 25.2 Å². The summed E-state index contributed by atoms with van der Waals surface area (Å²) in [6.07, 6.45) is 5.16. The summed E-state index contributed by atoms with van der Waals surface area (Å²) in [4.78, 5) is 11.5. The molecule has 7 heteroatoms. The third-order valence-electron chi connectivity index (χ3n) is 7.71. The maximum absolute atomic E-state index is 11.5. The van der Waals surface area contributed by atoms with E-state index in [1.54, 1.807) is 6.07 Å². The highest BCUT2D eigenvalue weighted by atomic mass is 32.1. The Bertz CT molecular complexity index is 799. The molecule has 2 fully saturated rings. The largest absolute Gasteiger partial charge is 0.504 e. The normalized spacial score (nSPS) is 34.8. The Labute approximate surface area is 170 Å². The molecule has 0 spiro atoms. The topological polar surface area (TPSA) is 110 Å². The average Bonchev–Trinajstić information content (AvgIpc) is 2.97. The van der Waals surface area contributed by atoms with Crippen molar-refractivity contribution in [3.63, 3.8) is 0 Å². The van der Waals surface area contributed by atoms with Crippen LogP contribution < -0.4 is 5.32 Å². The van der Waals surface area contributed by atoms with Crippen molar-refractivity contribution in [3.8, 4) is 11.5 Å². The second-order valence-corrected chi connectivity index (χ2v) is 9.33. The quantitative estimate of drug-likeness (QED) is 0.338. The minimum atomic E-state index is -1.05. The van der Waals surface area contributed by atoms with Gasteiger partial charge in [-0.05, 0) is 78.9 Å². The summed E-state index contributed by atoms with van der Waals surface area (Å²) >= 11 is 4.12. The van der Waals surface area contributed by atoms with Crippen molar-refractivity contribution in [1.29, 1.82) is 0 Å². The molecule has 2 saturated carbocycles. The van der Waals surface area contributed by atoms with Gasteiger partial charge < -0.3 is 25.7 Å². The Morgan fingerprint density at radius 2 is 2.07 bits per heavy atom. The van der Waals surface area contributed by atoms with E-state index in [0.717, 1.165) is 49.7 Å². The van der Waals surface area contributed by atoms with Crippen molar-refractivity contribution in [2.24, 2.45) is 17.3 Å². The van der Waals surface area contributed by atoms with E-state index in [0.29, 0.717) is 17.5 Å². The number of benzene rings is 1. The number of carbonyl (C=O) groups is 1. The van der Waals surface area contributed by atoms with E-state index in [4.69, 9.17) is 0 Å². The van der Waals surface area contributed by atoms with Crippen LogP contribution in [0.3, 0.4) is 0 Å². The van der Waals surface area contributed by atoms with Gasteiger partial charge in [-0.2, -0.15) is 12.6 Å². The summed E-state index contributed by atoms with van der Waals surface area (Å²) in [5.41, 5.74) is 2.21. The molecule has 0 bridgehead atoms. The summed E-state index contributed by atoms with van der Waals surface area (Å²) in [6.45, 7) is 2.20. The lowest BCUT2D eigenvalue weighted by Gasteiger charge is -2.50. The SMILES string of the molecule is C[C@]12CCC3c4c(cc(O)c(O)c4N[C@@H](CS)C(=O)O)CCC3C1CC[C@@H]2O. The van der Waals surface area contributed by atoms with Gasteiger partial charge in [0.25, 0.3) is 0 Å². The highest BCUT2D eigenvalue weighted by molar-refractivity contribution is 7.80. The van der Waals surface area contributed by atoms with Crippen LogP contribution in [0.2, 0.25) is 0 Å². The van der Waals surface area contributed by atoms with Crippen LogP contribution >= 0.6 is 12.6 Å². The number of hydrogen-bond acceptors (Lipinski definition) is 6. The first-order valence-corrected chi connectivity index (χ1v) is 10.8. The predicted molar refractivity (Wildman–Crippen MR) is 109 cm³/mol. The maximum Gasteiger partial charge on any atom is 0.326 e. The first-order chi connectivity index (χ1) is 13.3. The molecule has 6 nitrogen and oxygen atoms in total. The molecule has 1 aromatic rings. The summed E-state index contributed by atoms with van der Waals surface area (Å²) < 4.78 is 0. The number of aliphatic carboxylic acids is 1. The number of aryl methyl sites for hydroxylation is 1. The minimum absolute atomic E-state index is 0.0556. The molecule has 0 heterocycles. The number of anilines is 1. The van der Waals surface area contributed by atoms with E-state index in [9.17, 15) is 25.2 Å². The third kappa shape index (κ3) is 2.86. The first-order valence-electron chi connectivity index (χ1n) is 10.1. The first kappa shape index (κ1) is 19.7. The second kappa shape index (κ2) is 7.02. The van der Waals surface area contributed by atoms with Crippen LogP contribution in [0.5, 0.6) is 11.5 Å². The molecule has 154 valence electrons. The fraction of sp³-hybridized carbons (Fsp3) is 0.667. The molecular formula is C21H29NO5S. The molecule has 3 aliphatic carbocycles. The number of fused-ring (bicyclic) bond motifs is 5. The Morgan fingerprint density at radius 1 is 1.32 bits per heavy atom. The van der Waals surface area contributed by atoms with E-state index < -0.39 is 12.0 Å². The fourth-order valence-electron chi connectivity index (χ4n) is 6.21. The smallest absolute Gasteiger partial charge is 0.326 e. The molecule has 1 aromatic carbocycles. The van der Waals surface area contributed by atoms with Crippen molar-refractivity contribution >= 4 is 24.3 Å². The number of carboxylic acid groups (broad SMARTS) is 1. The van der Waals surface area contributed by atoms with E-state index in [-0.39, 0.29) is 34.7 Å². The zero-order valence-corrected chi connectivity index (χ0v) is 17.0. The lowest BCUT2D eigenvalue weighted by Crippen LogP contribution is -2.44. The molecular weight excluding hydrogens is 378 g/mol. The van der Waals surface area contributed by atoms with Crippen LogP contribution in [-0.4, -0.2) is 44.3 Å². The van der Waals surface area contributed by atoms with E-state index in [1.165, 1.54) is 0 Å². The van der Waals surface area contributed by atoms with Crippen LogP contribution in [0.25, 0.3) is 0 Å². The van der Waals surface area contributed by atoms with Gasteiger partial charge in [-0.3, -0.25) is 0 Å². The van der Waals surface area contributed by atoms with Gasteiger partial charge in [0.15, 0.2) is 11.5 Å². The molecule has 4 rings (SSSR count). The molecule has 6 atom stereocenters. The number of aliphatic hydroxyl groups is 1. The van der Waals surface area contributed by atoms with Gasteiger partial charge in [0.1, 0.15) is 6.04 Å². The Kier molecular flexibility index (Phi) is 4.94. The van der Waals surface area contributed by atoms with Crippen molar-refractivity contribution in [1.82, 2.24) is 0 Å². The average molecular weight is 408 g/mol. The minimum Gasteiger partial charge on any atom is -0.504 e. The van der Waals surface area contributed by atoms with Crippen molar-refractivity contribution in [2.75, 3.05) is 11.1 Å². The number of phenols is 2. The zero-order chi connectivity index (χ0) is 20.2. The molecule has 28 heavy (non-hydrogen) atoms. The van der Waals surface area contributed by atoms with Crippen LogP contribution in [0.4, 0.5) is 5.69 Å². The van der Waals surface area contributed by atoms with Crippen LogP contribution in [0.15, 0.2) is 6.07 Å². The number of thiol groups is 1. The number of rotatable bonds is 4. The fourth-order valence-corrected chi connectivity index (χ4v) is 6.45. The summed E-state index contributed by atoms with van der Waals surface area (Å²) in [5, 5.41) is 43.7. The Morgan fingerprint density at radius 3 is 2.75 bits per heavy atom. The highest BCUT2D eigenvalue weighted by Crippen LogP contribution is 2.62. The third-order valence-corrected chi connectivity index (χ3v) is 8.07. The summed E-state index contributed by atoms with van der Waals surface area (Å²) in [7, 11) is 0. The molecule has 0 radical (unpaired) electrons. The summed E-state index contributed by atoms with van der Waals surface area (Å²) in [6, 6.07) is 0.669. The van der Waals surface area contributed by atoms with Gasteiger partial charge in [0, 0.05) is 5.75 Å². The van der Waals surface area contributed by atoms with E-state index in [1.807, 2.05) is 0 Å². The number of aromatic hydroxyl groups is 2. The van der Waals surface area contributed by atoms with Gasteiger partial charge >= 0.3 is 5.97 Å². The molecule has 5 N–H and O–H groups in total. The van der Waals surface area contributed by atoms with E-state index >= 15 is 0 Å². The molecule has 0 saturated heterocycles. The van der Waals surface area contributed by atoms with Crippen LogP contribution in [0.1, 0.15) is 56.1 Å². The number of hydrogen-bond donors (Lipinski definition) is 6. The number of carboxylic acids is 1. The van der Waals surface area contributed by atoms with E-state index in [2.05, 4.69) is 24.9 Å². The van der Waals surface area contributed by atoms with Gasteiger partial charge in [0.2, 0.25) is 0 Å². The van der Waals surface area contributed by atoms with Crippen LogP contribution in [0, 0.1) is 17.3 Å². The van der Waals surface area contributed by atoms with Crippen molar-refractivity contribution in [3.05, 3.63) is 17.2 Å². The molecule has 3 unspecified atom stereocenters. The van der Waals surface area contributed by atoms with Gasteiger partial charge in [-0.1, -0.05) is 6.92 Å².